The van der Waals surface area contributed by atoms with Gasteiger partial charge < -0.3 is 4.90 Å². The number of nitrogens with one attached hydrogen (secondary N) is 1. The molecule has 1 fully saturated rings. The monoisotopic (exact) mass is 373 g/mol. The molecule has 0 radical (unpaired) electrons. The molecule has 7 heteroatoms. The molecule has 1 aliphatic heterocycles. The molecule has 0 unspecified atom stereocenters. The highest BCUT2D eigenvalue weighted by Crippen LogP contribution is 2.14. The summed E-state index contributed by atoms with van der Waals surface area (Å²) in [5.74, 6) is 0. The van der Waals surface area contributed by atoms with Crippen LogP contribution in [0.5, 0.6) is 0 Å². The quantitative estimate of drug-likeness (QED) is 0.497. The molecule has 1 saturated heterocycles. The molecule has 1 aliphatic rings. The average Bonchev–Trinajstić information content (AvgIpc) is 2.65. The van der Waals surface area contributed by atoms with Gasteiger partial charge in [0.2, 0.25) is 0 Å². The summed E-state index contributed by atoms with van der Waals surface area (Å²) in [7, 11) is 0. The number of nitrogens with zero attached hydrogens (tertiary/aromatic N) is 3. The van der Waals surface area contributed by atoms with Crippen molar-refractivity contribution < 1.29 is 9.82 Å². The van der Waals surface area contributed by atoms with Gasteiger partial charge in [-0.3, -0.25) is 15.1 Å². The molecule has 136 valence electrons. The normalized spacial score (nSPS) is 15.9. The Hall–Kier alpha value is -2.44. The highest BCUT2D eigenvalue weighted by Gasteiger charge is 2.19. The molecule has 0 aliphatic carbocycles. The standard InChI is InChI=1S/C19H21ClN4O2/c1-15(17-3-2-4-19(13-17)24(25)26)21-23-11-9-22(10-12-23)14-16-5-7-18(20)8-6-16/h2-8,13H,9-12,14H2,1H3/p+1/b21-15-. The molecule has 0 bridgehead atoms. The van der Waals surface area contributed by atoms with Crippen LogP contribution in [0.2, 0.25) is 5.02 Å². The SMILES string of the molecule is C/C(=N/N1CC[NH+](Cc2ccc(Cl)cc2)CC1)c1cccc([N+](=O)[O-])c1. The van der Waals surface area contributed by atoms with Gasteiger partial charge in [0.25, 0.3) is 5.69 Å². The second kappa shape index (κ2) is 8.29. The van der Waals surface area contributed by atoms with E-state index in [1.807, 2.05) is 25.1 Å². The summed E-state index contributed by atoms with van der Waals surface area (Å²) in [5.41, 5.74) is 2.97. The Morgan fingerprint density at radius 3 is 2.58 bits per heavy atom. The number of hydrogen-bond donors (Lipinski definition) is 1. The Bertz CT molecular complexity index is 799. The Morgan fingerprint density at radius 2 is 1.92 bits per heavy atom. The highest BCUT2D eigenvalue weighted by molar-refractivity contribution is 6.30. The lowest BCUT2D eigenvalue weighted by Gasteiger charge is -2.31. The molecule has 2 aromatic carbocycles. The Labute approximate surface area is 157 Å². The van der Waals surface area contributed by atoms with E-state index in [-0.39, 0.29) is 10.6 Å². The van der Waals surface area contributed by atoms with Crippen molar-refractivity contribution in [1.82, 2.24) is 5.01 Å². The number of non-ortho nitro benzene ring substituents is 1. The van der Waals surface area contributed by atoms with E-state index in [2.05, 4.69) is 22.2 Å². The first-order valence-electron chi connectivity index (χ1n) is 8.64. The van der Waals surface area contributed by atoms with E-state index in [4.69, 9.17) is 11.6 Å². The van der Waals surface area contributed by atoms with Crippen molar-refractivity contribution in [2.24, 2.45) is 5.10 Å². The van der Waals surface area contributed by atoms with E-state index in [9.17, 15) is 10.1 Å². The van der Waals surface area contributed by atoms with Gasteiger partial charge in [0.15, 0.2) is 0 Å². The maximum absolute atomic E-state index is 10.9. The largest absolute Gasteiger partial charge is 0.328 e. The molecule has 1 N–H and O–H groups in total. The predicted octanol–water partition coefficient (Wildman–Crippen LogP) is 2.37. The minimum absolute atomic E-state index is 0.0919. The number of benzene rings is 2. The van der Waals surface area contributed by atoms with E-state index < -0.39 is 0 Å². The molecule has 0 amide bonds. The molecule has 0 aromatic heterocycles. The van der Waals surface area contributed by atoms with Gasteiger partial charge in [-0.05, 0) is 19.1 Å². The van der Waals surface area contributed by atoms with Crippen LogP contribution in [-0.2, 0) is 6.54 Å². The van der Waals surface area contributed by atoms with Crippen molar-refractivity contribution in [3.63, 3.8) is 0 Å². The maximum atomic E-state index is 10.9. The number of piperazine rings is 1. The van der Waals surface area contributed by atoms with Gasteiger partial charge in [-0.1, -0.05) is 35.9 Å². The molecular formula is C19H22ClN4O2+. The Balaban J connectivity index is 1.57. The van der Waals surface area contributed by atoms with Crippen molar-refractivity contribution in [1.29, 1.82) is 0 Å². The van der Waals surface area contributed by atoms with Gasteiger partial charge in [0.1, 0.15) is 6.54 Å². The lowest BCUT2D eigenvalue weighted by atomic mass is 10.1. The van der Waals surface area contributed by atoms with Crippen molar-refractivity contribution in [3.8, 4) is 0 Å². The number of nitro groups is 1. The number of quaternary nitrogens is 1. The number of halogens is 1. The van der Waals surface area contributed by atoms with Gasteiger partial charge in [-0.25, -0.2) is 0 Å². The third kappa shape index (κ3) is 4.80. The van der Waals surface area contributed by atoms with Gasteiger partial charge in [0.05, 0.1) is 36.8 Å². The first-order valence-corrected chi connectivity index (χ1v) is 9.02. The fourth-order valence-electron chi connectivity index (χ4n) is 3.09. The lowest BCUT2D eigenvalue weighted by molar-refractivity contribution is -0.918. The first-order chi connectivity index (χ1) is 12.5. The van der Waals surface area contributed by atoms with Crippen LogP contribution in [0.1, 0.15) is 18.1 Å². The van der Waals surface area contributed by atoms with Gasteiger partial charge in [0, 0.05) is 28.3 Å². The molecule has 1 heterocycles. The third-order valence-corrected chi connectivity index (χ3v) is 4.83. The van der Waals surface area contributed by atoms with Crippen molar-refractivity contribution in [2.45, 2.75) is 13.5 Å². The van der Waals surface area contributed by atoms with Crippen LogP contribution in [0, 0.1) is 10.1 Å². The minimum atomic E-state index is -0.379. The van der Waals surface area contributed by atoms with Crippen LogP contribution in [0.25, 0.3) is 0 Å². The summed E-state index contributed by atoms with van der Waals surface area (Å²) in [6, 6.07) is 14.6. The Morgan fingerprint density at radius 1 is 1.23 bits per heavy atom. The van der Waals surface area contributed by atoms with Crippen LogP contribution in [-0.4, -0.2) is 41.8 Å². The smallest absolute Gasteiger partial charge is 0.270 e. The van der Waals surface area contributed by atoms with Gasteiger partial charge in [-0.2, -0.15) is 5.10 Å². The molecular weight excluding hydrogens is 352 g/mol. The maximum Gasteiger partial charge on any atom is 0.270 e. The van der Waals surface area contributed by atoms with E-state index in [1.54, 1.807) is 12.1 Å². The zero-order chi connectivity index (χ0) is 18.5. The number of hydrogen-bond acceptors (Lipinski definition) is 4. The predicted molar refractivity (Wildman–Crippen MR) is 103 cm³/mol. The topological polar surface area (TPSA) is 63.2 Å². The summed E-state index contributed by atoms with van der Waals surface area (Å²) in [4.78, 5) is 12.1. The lowest BCUT2D eigenvalue weighted by Crippen LogP contribution is -3.13. The fourth-order valence-corrected chi connectivity index (χ4v) is 3.22. The zero-order valence-corrected chi connectivity index (χ0v) is 15.4. The Kier molecular flexibility index (Phi) is 5.85. The average molecular weight is 374 g/mol. The first kappa shape index (κ1) is 18.4. The minimum Gasteiger partial charge on any atom is -0.328 e. The third-order valence-electron chi connectivity index (χ3n) is 4.58. The second-order valence-corrected chi connectivity index (χ2v) is 6.94. The fraction of sp³-hybridized carbons (Fsp3) is 0.316. The number of nitro benzene ring substituents is 1. The van der Waals surface area contributed by atoms with Crippen LogP contribution < -0.4 is 4.90 Å². The summed E-state index contributed by atoms with van der Waals surface area (Å²) < 4.78 is 0. The molecule has 0 spiro atoms. The van der Waals surface area contributed by atoms with E-state index in [1.165, 1.54) is 16.5 Å². The van der Waals surface area contributed by atoms with E-state index in [0.29, 0.717) is 0 Å². The van der Waals surface area contributed by atoms with Gasteiger partial charge >= 0.3 is 0 Å². The van der Waals surface area contributed by atoms with E-state index in [0.717, 1.165) is 49.0 Å². The summed E-state index contributed by atoms with van der Waals surface area (Å²) >= 11 is 5.93. The number of rotatable bonds is 5. The molecule has 3 rings (SSSR count). The molecule has 2 aromatic rings. The molecule has 0 atom stereocenters. The highest BCUT2D eigenvalue weighted by atomic mass is 35.5. The molecule has 6 nitrogen and oxygen atoms in total. The van der Waals surface area contributed by atoms with Gasteiger partial charge in [-0.15, -0.1) is 0 Å². The van der Waals surface area contributed by atoms with Crippen molar-refractivity contribution in [2.75, 3.05) is 26.2 Å². The van der Waals surface area contributed by atoms with Crippen LogP contribution in [0.15, 0.2) is 53.6 Å². The molecule has 0 saturated carbocycles. The molecule has 26 heavy (non-hydrogen) atoms. The number of hydrazone groups is 1. The van der Waals surface area contributed by atoms with Crippen LogP contribution in [0.4, 0.5) is 5.69 Å². The summed E-state index contributed by atoms with van der Waals surface area (Å²) in [5, 5.41) is 18.4. The second-order valence-electron chi connectivity index (χ2n) is 6.50. The van der Waals surface area contributed by atoms with Crippen LogP contribution >= 0.6 is 11.6 Å². The van der Waals surface area contributed by atoms with Crippen LogP contribution in [0.3, 0.4) is 0 Å². The van der Waals surface area contributed by atoms with E-state index >= 15 is 0 Å². The zero-order valence-electron chi connectivity index (χ0n) is 14.7. The summed E-state index contributed by atoms with van der Waals surface area (Å²) in [6.45, 7) is 6.64. The summed E-state index contributed by atoms with van der Waals surface area (Å²) in [6.07, 6.45) is 0. The van der Waals surface area contributed by atoms with Crippen molar-refractivity contribution in [3.05, 3.63) is 74.8 Å². The van der Waals surface area contributed by atoms with Crippen molar-refractivity contribution >= 4 is 23.0 Å².